The first kappa shape index (κ1) is 15.1. The summed E-state index contributed by atoms with van der Waals surface area (Å²) in [6, 6.07) is 8.43. The number of hydrogen-bond acceptors (Lipinski definition) is 4. The standard InChI is InChI=1S/C15H15ClN2O3/c1-9-4-6-13(21-9)10(2)17-18-15(19)12-8-11(16)5-7-14(12)20-3/h4-8H,1-3H3,(H,18,19). The molecule has 2 aromatic rings. The van der Waals surface area contributed by atoms with Gasteiger partial charge in [0.05, 0.1) is 12.7 Å². The van der Waals surface area contributed by atoms with Gasteiger partial charge in [-0.15, -0.1) is 0 Å². The molecular weight excluding hydrogens is 292 g/mol. The van der Waals surface area contributed by atoms with Crippen LogP contribution in [0.5, 0.6) is 5.75 Å². The van der Waals surface area contributed by atoms with E-state index in [1.807, 2.05) is 13.0 Å². The van der Waals surface area contributed by atoms with E-state index in [2.05, 4.69) is 10.5 Å². The summed E-state index contributed by atoms with van der Waals surface area (Å²) in [4.78, 5) is 12.1. The number of carbonyl (C=O) groups excluding carboxylic acids is 1. The first-order chi connectivity index (χ1) is 10.0. The molecule has 2 rings (SSSR count). The summed E-state index contributed by atoms with van der Waals surface area (Å²) in [6.07, 6.45) is 0. The van der Waals surface area contributed by atoms with Crippen LogP contribution in [0.15, 0.2) is 39.9 Å². The first-order valence-corrected chi connectivity index (χ1v) is 6.64. The quantitative estimate of drug-likeness (QED) is 0.695. The third kappa shape index (κ3) is 3.64. The van der Waals surface area contributed by atoms with Gasteiger partial charge in [0.15, 0.2) is 0 Å². The molecule has 1 aromatic carbocycles. The van der Waals surface area contributed by atoms with Crippen molar-refractivity contribution in [1.82, 2.24) is 5.43 Å². The minimum Gasteiger partial charge on any atom is -0.496 e. The summed E-state index contributed by atoms with van der Waals surface area (Å²) in [7, 11) is 1.49. The number of halogens is 1. The lowest BCUT2D eigenvalue weighted by molar-refractivity contribution is 0.0952. The molecule has 0 spiro atoms. The zero-order valence-electron chi connectivity index (χ0n) is 11.9. The van der Waals surface area contributed by atoms with Crippen molar-refractivity contribution in [2.24, 2.45) is 5.10 Å². The number of carbonyl (C=O) groups is 1. The average Bonchev–Trinajstić information content (AvgIpc) is 2.91. The Kier molecular flexibility index (Phi) is 4.65. The summed E-state index contributed by atoms with van der Waals surface area (Å²) in [5, 5.41) is 4.46. The summed E-state index contributed by atoms with van der Waals surface area (Å²) < 4.78 is 10.5. The van der Waals surface area contributed by atoms with Crippen molar-refractivity contribution < 1.29 is 13.9 Å². The Bertz CT molecular complexity index is 692. The van der Waals surface area contributed by atoms with E-state index in [-0.39, 0.29) is 0 Å². The zero-order valence-corrected chi connectivity index (χ0v) is 12.7. The van der Waals surface area contributed by atoms with Crippen molar-refractivity contribution in [2.75, 3.05) is 7.11 Å². The molecule has 0 saturated carbocycles. The van der Waals surface area contributed by atoms with Crippen LogP contribution in [0.25, 0.3) is 0 Å². The van der Waals surface area contributed by atoms with Gasteiger partial charge in [-0.25, -0.2) is 5.43 Å². The number of rotatable bonds is 4. The summed E-state index contributed by atoms with van der Waals surface area (Å²) in [5.41, 5.74) is 3.34. The highest BCUT2D eigenvalue weighted by Crippen LogP contribution is 2.22. The maximum atomic E-state index is 12.1. The third-order valence-corrected chi connectivity index (χ3v) is 3.06. The number of benzene rings is 1. The molecule has 0 radical (unpaired) electrons. The smallest absolute Gasteiger partial charge is 0.275 e. The number of ether oxygens (including phenoxy) is 1. The highest BCUT2D eigenvalue weighted by Gasteiger charge is 2.13. The van der Waals surface area contributed by atoms with Gasteiger partial charge >= 0.3 is 0 Å². The van der Waals surface area contributed by atoms with E-state index in [0.29, 0.717) is 27.8 Å². The molecule has 0 saturated heterocycles. The molecule has 0 atom stereocenters. The van der Waals surface area contributed by atoms with Crippen LogP contribution in [0, 0.1) is 6.92 Å². The Hall–Kier alpha value is -2.27. The molecule has 21 heavy (non-hydrogen) atoms. The van der Waals surface area contributed by atoms with E-state index < -0.39 is 5.91 Å². The molecule has 0 aliphatic heterocycles. The lowest BCUT2D eigenvalue weighted by atomic mass is 10.2. The number of hydrazone groups is 1. The summed E-state index contributed by atoms with van der Waals surface area (Å²) in [5.74, 6) is 1.41. The summed E-state index contributed by atoms with van der Waals surface area (Å²) in [6.45, 7) is 3.58. The Balaban J connectivity index is 2.17. The SMILES string of the molecule is COc1ccc(Cl)cc1C(=O)NN=C(C)c1ccc(C)o1. The average molecular weight is 307 g/mol. The second-order valence-corrected chi connectivity index (χ2v) is 4.83. The molecule has 1 aromatic heterocycles. The van der Waals surface area contributed by atoms with Crippen LogP contribution in [-0.4, -0.2) is 18.7 Å². The number of nitrogens with zero attached hydrogens (tertiary/aromatic N) is 1. The molecule has 1 amide bonds. The van der Waals surface area contributed by atoms with Gasteiger partial charge in [-0.1, -0.05) is 11.6 Å². The van der Waals surface area contributed by atoms with Crippen LogP contribution in [0.4, 0.5) is 0 Å². The fourth-order valence-electron chi connectivity index (χ4n) is 1.74. The second-order valence-electron chi connectivity index (χ2n) is 4.39. The number of hydrogen-bond donors (Lipinski definition) is 1. The molecule has 1 N–H and O–H groups in total. The fourth-order valence-corrected chi connectivity index (χ4v) is 1.91. The minimum atomic E-state index is -0.406. The monoisotopic (exact) mass is 306 g/mol. The van der Waals surface area contributed by atoms with Crippen LogP contribution in [0.3, 0.4) is 0 Å². The van der Waals surface area contributed by atoms with E-state index in [9.17, 15) is 4.79 Å². The zero-order chi connectivity index (χ0) is 15.4. The molecular formula is C15H15ClN2O3. The maximum Gasteiger partial charge on any atom is 0.275 e. The molecule has 0 aliphatic rings. The lowest BCUT2D eigenvalue weighted by Crippen LogP contribution is -2.20. The largest absolute Gasteiger partial charge is 0.496 e. The molecule has 0 unspecified atom stereocenters. The van der Waals surface area contributed by atoms with E-state index in [1.54, 1.807) is 25.1 Å². The van der Waals surface area contributed by atoms with Crippen LogP contribution >= 0.6 is 11.6 Å². The number of methoxy groups -OCH3 is 1. The molecule has 1 heterocycles. The number of amides is 1. The van der Waals surface area contributed by atoms with Gasteiger partial charge in [-0.2, -0.15) is 5.10 Å². The number of nitrogens with one attached hydrogen (secondary N) is 1. The maximum absolute atomic E-state index is 12.1. The topological polar surface area (TPSA) is 63.8 Å². The van der Waals surface area contributed by atoms with Crippen molar-refractivity contribution in [2.45, 2.75) is 13.8 Å². The van der Waals surface area contributed by atoms with Gasteiger partial charge in [0.1, 0.15) is 23.0 Å². The van der Waals surface area contributed by atoms with Crippen molar-refractivity contribution in [3.05, 3.63) is 52.4 Å². The van der Waals surface area contributed by atoms with Gasteiger partial charge < -0.3 is 9.15 Å². The van der Waals surface area contributed by atoms with Crippen LogP contribution in [0.2, 0.25) is 5.02 Å². The fraction of sp³-hybridized carbons (Fsp3) is 0.200. The normalized spacial score (nSPS) is 11.3. The summed E-state index contributed by atoms with van der Waals surface area (Å²) >= 11 is 5.89. The van der Waals surface area contributed by atoms with Gasteiger partial charge in [0, 0.05) is 5.02 Å². The highest BCUT2D eigenvalue weighted by atomic mass is 35.5. The number of furan rings is 1. The molecule has 0 aliphatic carbocycles. The highest BCUT2D eigenvalue weighted by molar-refractivity contribution is 6.31. The predicted molar refractivity (Wildman–Crippen MR) is 81.1 cm³/mol. The van der Waals surface area contributed by atoms with Crippen molar-refractivity contribution in [3.8, 4) is 5.75 Å². The molecule has 110 valence electrons. The van der Waals surface area contributed by atoms with E-state index in [0.717, 1.165) is 5.76 Å². The molecule has 5 nitrogen and oxygen atoms in total. The Morgan fingerprint density at radius 3 is 2.71 bits per heavy atom. The van der Waals surface area contributed by atoms with E-state index in [4.69, 9.17) is 20.8 Å². The third-order valence-electron chi connectivity index (χ3n) is 2.83. The second kappa shape index (κ2) is 6.45. The van der Waals surface area contributed by atoms with Gasteiger partial charge in [0.25, 0.3) is 5.91 Å². The first-order valence-electron chi connectivity index (χ1n) is 6.26. The van der Waals surface area contributed by atoms with Crippen molar-refractivity contribution in [3.63, 3.8) is 0 Å². The van der Waals surface area contributed by atoms with Crippen LogP contribution < -0.4 is 10.2 Å². The van der Waals surface area contributed by atoms with Gasteiger partial charge in [-0.3, -0.25) is 4.79 Å². The van der Waals surface area contributed by atoms with E-state index in [1.165, 1.54) is 13.2 Å². The molecule has 0 bridgehead atoms. The predicted octanol–water partition coefficient (Wildman–Crippen LogP) is 3.40. The minimum absolute atomic E-state index is 0.317. The molecule has 0 fully saturated rings. The Morgan fingerprint density at radius 2 is 2.10 bits per heavy atom. The lowest BCUT2D eigenvalue weighted by Gasteiger charge is -2.07. The Morgan fingerprint density at radius 1 is 1.33 bits per heavy atom. The molecule has 6 heteroatoms. The van der Waals surface area contributed by atoms with Gasteiger partial charge in [0.2, 0.25) is 0 Å². The van der Waals surface area contributed by atoms with Crippen molar-refractivity contribution in [1.29, 1.82) is 0 Å². The number of aryl methyl sites for hydroxylation is 1. The van der Waals surface area contributed by atoms with Crippen LogP contribution in [0.1, 0.15) is 28.8 Å². The van der Waals surface area contributed by atoms with E-state index >= 15 is 0 Å². The van der Waals surface area contributed by atoms with Gasteiger partial charge in [-0.05, 0) is 44.2 Å². The Labute approximate surface area is 127 Å². The van der Waals surface area contributed by atoms with Crippen LogP contribution in [-0.2, 0) is 0 Å². The van der Waals surface area contributed by atoms with Crippen molar-refractivity contribution >= 4 is 23.2 Å².